The van der Waals surface area contributed by atoms with Gasteiger partial charge in [0.05, 0.1) is 17.4 Å². The van der Waals surface area contributed by atoms with Gasteiger partial charge in [0.25, 0.3) is 5.78 Å². The van der Waals surface area contributed by atoms with Crippen molar-refractivity contribution < 1.29 is 14.7 Å². The Balaban J connectivity index is 1.97. The van der Waals surface area contributed by atoms with E-state index in [1.54, 1.807) is 12.1 Å². The van der Waals surface area contributed by atoms with Crippen LogP contribution in [0.2, 0.25) is 0 Å². The van der Waals surface area contributed by atoms with E-state index in [1.807, 2.05) is 24.5 Å². The van der Waals surface area contributed by atoms with Crippen molar-refractivity contribution in [2.24, 2.45) is 0 Å². The monoisotopic (exact) mass is 308 g/mol. The van der Waals surface area contributed by atoms with Crippen molar-refractivity contribution in [2.45, 2.75) is 19.9 Å². The van der Waals surface area contributed by atoms with Crippen molar-refractivity contribution in [3.63, 3.8) is 0 Å². The molecule has 0 saturated heterocycles. The van der Waals surface area contributed by atoms with Crippen LogP contribution in [0.1, 0.15) is 30.2 Å². The molecule has 0 atom stereocenters. The van der Waals surface area contributed by atoms with Crippen LogP contribution in [0.4, 0.5) is 0 Å². The SMILES string of the molecule is CC(C)n1cnc2cc(-c3ccc(C(=O)C(=O)O)cc3)ccc21. The zero-order chi connectivity index (χ0) is 16.6. The van der Waals surface area contributed by atoms with Crippen molar-refractivity contribution in [1.29, 1.82) is 0 Å². The van der Waals surface area contributed by atoms with E-state index < -0.39 is 11.8 Å². The molecule has 3 aromatic rings. The summed E-state index contributed by atoms with van der Waals surface area (Å²) in [5.74, 6) is -2.35. The minimum atomic E-state index is -1.45. The Morgan fingerprint density at radius 2 is 1.70 bits per heavy atom. The summed E-state index contributed by atoms with van der Waals surface area (Å²) in [5, 5.41) is 8.73. The Labute approximate surface area is 133 Å². The Morgan fingerprint density at radius 1 is 1.04 bits per heavy atom. The molecule has 0 bridgehead atoms. The first-order chi connectivity index (χ1) is 11.0. The first-order valence-electron chi connectivity index (χ1n) is 7.32. The summed E-state index contributed by atoms with van der Waals surface area (Å²) in [5.41, 5.74) is 4.03. The summed E-state index contributed by atoms with van der Waals surface area (Å²) in [7, 11) is 0. The summed E-state index contributed by atoms with van der Waals surface area (Å²) in [6, 6.07) is 12.9. The van der Waals surface area contributed by atoms with E-state index in [4.69, 9.17) is 5.11 Å². The van der Waals surface area contributed by atoms with Gasteiger partial charge >= 0.3 is 5.97 Å². The summed E-state index contributed by atoms with van der Waals surface area (Å²) < 4.78 is 2.10. The minimum Gasteiger partial charge on any atom is -0.475 e. The Morgan fingerprint density at radius 3 is 2.30 bits per heavy atom. The van der Waals surface area contributed by atoms with E-state index in [9.17, 15) is 9.59 Å². The number of ketones is 1. The second-order valence-electron chi connectivity index (χ2n) is 5.66. The number of imidazole rings is 1. The zero-order valence-corrected chi connectivity index (χ0v) is 12.9. The van der Waals surface area contributed by atoms with E-state index in [-0.39, 0.29) is 5.56 Å². The van der Waals surface area contributed by atoms with Gasteiger partial charge in [0.15, 0.2) is 0 Å². The number of fused-ring (bicyclic) bond motifs is 1. The van der Waals surface area contributed by atoms with Gasteiger partial charge in [-0.1, -0.05) is 30.3 Å². The van der Waals surface area contributed by atoms with Gasteiger partial charge in [-0.25, -0.2) is 9.78 Å². The molecule has 0 spiro atoms. The lowest BCUT2D eigenvalue weighted by molar-refractivity contribution is -0.131. The van der Waals surface area contributed by atoms with Gasteiger partial charge in [-0.15, -0.1) is 0 Å². The number of carboxylic acids is 1. The maximum absolute atomic E-state index is 11.4. The number of aromatic nitrogens is 2. The maximum Gasteiger partial charge on any atom is 0.377 e. The highest BCUT2D eigenvalue weighted by Crippen LogP contribution is 2.25. The molecule has 2 aromatic carbocycles. The number of aliphatic carboxylic acids is 1. The second kappa shape index (κ2) is 5.68. The highest BCUT2D eigenvalue weighted by molar-refractivity contribution is 6.39. The van der Waals surface area contributed by atoms with Crippen LogP contribution in [-0.2, 0) is 4.79 Å². The normalized spacial score (nSPS) is 11.1. The van der Waals surface area contributed by atoms with E-state index in [2.05, 4.69) is 23.4 Å². The molecule has 3 rings (SSSR count). The van der Waals surface area contributed by atoms with Crippen molar-refractivity contribution in [2.75, 3.05) is 0 Å². The Hall–Kier alpha value is -2.95. The molecule has 0 aliphatic heterocycles. The molecule has 0 radical (unpaired) electrons. The number of carbonyl (C=O) groups excluding carboxylic acids is 1. The third-order valence-corrected chi connectivity index (χ3v) is 3.81. The smallest absolute Gasteiger partial charge is 0.377 e. The molecule has 1 aromatic heterocycles. The van der Waals surface area contributed by atoms with Crippen molar-refractivity contribution in [1.82, 2.24) is 9.55 Å². The Kier molecular flexibility index (Phi) is 3.70. The molecule has 0 saturated carbocycles. The number of carbonyl (C=O) groups is 2. The summed E-state index contributed by atoms with van der Waals surface area (Å²) in [6.07, 6.45) is 1.83. The number of carboxylic acid groups (broad SMARTS) is 1. The quantitative estimate of drug-likeness (QED) is 0.591. The summed E-state index contributed by atoms with van der Waals surface area (Å²) >= 11 is 0. The Bertz CT molecular complexity index is 892. The van der Waals surface area contributed by atoms with Crippen LogP contribution < -0.4 is 0 Å². The first kappa shape index (κ1) is 15.0. The third-order valence-electron chi connectivity index (χ3n) is 3.81. The van der Waals surface area contributed by atoms with Gasteiger partial charge in [0, 0.05) is 11.6 Å². The van der Waals surface area contributed by atoms with Crippen LogP contribution in [0.3, 0.4) is 0 Å². The fourth-order valence-corrected chi connectivity index (χ4v) is 2.56. The number of rotatable bonds is 4. The van der Waals surface area contributed by atoms with Crippen molar-refractivity contribution in [3.8, 4) is 11.1 Å². The maximum atomic E-state index is 11.4. The average molecular weight is 308 g/mol. The summed E-state index contributed by atoms with van der Waals surface area (Å²) in [4.78, 5) is 26.5. The molecule has 0 unspecified atom stereocenters. The van der Waals surface area contributed by atoms with E-state index >= 15 is 0 Å². The van der Waals surface area contributed by atoms with Gasteiger partial charge in [0.1, 0.15) is 0 Å². The largest absolute Gasteiger partial charge is 0.475 e. The van der Waals surface area contributed by atoms with E-state index in [0.717, 1.165) is 22.2 Å². The second-order valence-corrected chi connectivity index (χ2v) is 5.66. The molecule has 5 nitrogen and oxygen atoms in total. The van der Waals surface area contributed by atoms with Crippen LogP contribution in [0.5, 0.6) is 0 Å². The van der Waals surface area contributed by atoms with Gasteiger partial charge in [-0.2, -0.15) is 0 Å². The average Bonchev–Trinajstić information content (AvgIpc) is 2.97. The van der Waals surface area contributed by atoms with Gasteiger partial charge < -0.3 is 9.67 Å². The highest BCUT2D eigenvalue weighted by atomic mass is 16.4. The standard InChI is InChI=1S/C18H16N2O3/c1-11(2)20-10-19-15-9-14(7-8-16(15)20)12-3-5-13(6-4-12)17(21)18(22)23/h3-11H,1-2H3,(H,22,23). The zero-order valence-electron chi connectivity index (χ0n) is 12.9. The molecule has 0 fully saturated rings. The molecule has 1 N–H and O–H groups in total. The lowest BCUT2D eigenvalue weighted by Gasteiger charge is -2.08. The predicted molar refractivity (Wildman–Crippen MR) is 87.5 cm³/mol. The van der Waals surface area contributed by atoms with Gasteiger partial charge in [-0.05, 0) is 37.1 Å². The fraction of sp³-hybridized carbons (Fsp3) is 0.167. The van der Waals surface area contributed by atoms with Crippen LogP contribution >= 0.6 is 0 Å². The molecule has 116 valence electrons. The topological polar surface area (TPSA) is 72.2 Å². The lowest BCUT2D eigenvalue weighted by atomic mass is 10.0. The molecule has 0 aliphatic carbocycles. The van der Waals surface area contributed by atoms with Gasteiger partial charge in [-0.3, -0.25) is 4.79 Å². The molecule has 23 heavy (non-hydrogen) atoms. The summed E-state index contributed by atoms with van der Waals surface area (Å²) in [6.45, 7) is 4.21. The van der Waals surface area contributed by atoms with Crippen molar-refractivity contribution in [3.05, 3.63) is 54.4 Å². The highest BCUT2D eigenvalue weighted by Gasteiger charge is 2.14. The predicted octanol–water partition coefficient (Wildman–Crippen LogP) is 3.55. The number of benzene rings is 2. The first-order valence-corrected chi connectivity index (χ1v) is 7.32. The fourth-order valence-electron chi connectivity index (χ4n) is 2.56. The molecule has 0 aliphatic rings. The molecule has 1 heterocycles. The molecule has 5 heteroatoms. The van der Waals surface area contributed by atoms with E-state index in [0.29, 0.717) is 6.04 Å². The van der Waals surface area contributed by atoms with Gasteiger partial charge in [0.2, 0.25) is 0 Å². The number of nitrogens with zero attached hydrogens (tertiary/aromatic N) is 2. The molecular weight excluding hydrogens is 292 g/mol. The van der Waals surface area contributed by atoms with E-state index in [1.165, 1.54) is 12.1 Å². The van der Waals surface area contributed by atoms with Crippen LogP contribution in [0, 0.1) is 0 Å². The molecule has 0 amide bonds. The van der Waals surface area contributed by atoms with Crippen LogP contribution in [0.25, 0.3) is 22.2 Å². The lowest BCUT2D eigenvalue weighted by Crippen LogP contribution is -2.12. The third kappa shape index (κ3) is 2.73. The van der Waals surface area contributed by atoms with Crippen LogP contribution in [-0.4, -0.2) is 26.4 Å². The molecular formula is C18H16N2O3. The van der Waals surface area contributed by atoms with Crippen LogP contribution in [0.15, 0.2) is 48.8 Å². The number of hydrogen-bond acceptors (Lipinski definition) is 3. The number of hydrogen-bond donors (Lipinski definition) is 1. The van der Waals surface area contributed by atoms with Crippen molar-refractivity contribution >= 4 is 22.8 Å². The number of Topliss-reactive ketones (excluding diaryl/α,β-unsaturated/α-hetero) is 1. The minimum absolute atomic E-state index is 0.173.